The lowest BCUT2D eigenvalue weighted by atomic mass is 9.95. The number of para-hydroxylation sites is 2. The molecule has 0 saturated carbocycles. The molecule has 6 nitrogen and oxygen atoms in total. The van der Waals surface area contributed by atoms with Crippen molar-refractivity contribution in [2.45, 2.75) is 6.54 Å². The van der Waals surface area contributed by atoms with Crippen LogP contribution in [-0.2, 0) is 16.1 Å². The molecule has 0 atom stereocenters. The molecule has 0 spiro atoms. The van der Waals surface area contributed by atoms with Crippen LogP contribution in [0.25, 0.3) is 33.0 Å². The molecular weight excluding hydrogens is 456 g/mol. The molecule has 31 heavy (non-hydrogen) atoms. The van der Waals surface area contributed by atoms with Gasteiger partial charge < -0.3 is 14.5 Å². The molecule has 3 heterocycles. The summed E-state index contributed by atoms with van der Waals surface area (Å²) in [7, 11) is 4.06. The molecule has 0 radical (unpaired) electrons. The molecule has 0 bridgehead atoms. The summed E-state index contributed by atoms with van der Waals surface area (Å²) in [5.41, 5.74) is 4.26. The van der Waals surface area contributed by atoms with E-state index in [4.69, 9.17) is 0 Å². The summed E-state index contributed by atoms with van der Waals surface area (Å²) in [5, 5.41) is 4.36. The van der Waals surface area contributed by atoms with Gasteiger partial charge in [0, 0.05) is 57.4 Å². The Labute approximate surface area is 187 Å². The Morgan fingerprint density at radius 2 is 1.65 bits per heavy atom. The number of hydrogen-bond donors (Lipinski definition) is 2. The SMILES string of the molecule is CN(C)CCn1cc(C2=C(c3c[nH]c4ccccc34)C(=O)NC2=O)c2cccc(Br)c21. The highest BCUT2D eigenvalue weighted by Crippen LogP contribution is 2.39. The Bertz CT molecular complexity index is 1390. The zero-order valence-electron chi connectivity index (χ0n) is 17.2. The summed E-state index contributed by atoms with van der Waals surface area (Å²) in [6.07, 6.45) is 3.79. The summed E-state index contributed by atoms with van der Waals surface area (Å²) in [4.78, 5) is 31.2. The van der Waals surface area contributed by atoms with Gasteiger partial charge in [0.15, 0.2) is 0 Å². The summed E-state index contributed by atoms with van der Waals surface area (Å²) < 4.78 is 3.10. The van der Waals surface area contributed by atoms with Crippen LogP contribution in [0.2, 0.25) is 0 Å². The first kappa shape index (κ1) is 19.8. The number of H-pyrrole nitrogens is 1. The van der Waals surface area contributed by atoms with Gasteiger partial charge in [0.25, 0.3) is 11.8 Å². The van der Waals surface area contributed by atoms with Gasteiger partial charge in [0.1, 0.15) is 0 Å². The maximum atomic E-state index is 13.0. The van der Waals surface area contributed by atoms with Gasteiger partial charge in [-0.15, -0.1) is 0 Å². The molecule has 1 aliphatic rings. The fraction of sp³-hybridized carbons (Fsp3) is 0.167. The van der Waals surface area contributed by atoms with Crippen LogP contribution in [0, 0.1) is 0 Å². The van der Waals surface area contributed by atoms with Crippen molar-refractivity contribution >= 4 is 60.7 Å². The number of aromatic nitrogens is 2. The fourth-order valence-electron chi connectivity index (χ4n) is 4.25. The van der Waals surface area contributed by atoms with Gasteiger partial charge in [-0.25, -0.2) is 0 Å². The number of amides is 2. The first-order chi connectivity index (χ1) is 15.0. The molecule has 0 aliphatic carbocycles. The Morgan fingerprint density at radius 3 is 2.42 bits per heavy atom. The Hall–Kier alpha value is -3.16. The summed E-state index contributed by atoms with van der Waals surface area (Å²) in [6, 6.07) is 13.7. The van der Waals surface area contributed by atoms with Crippen LogP contribution in [0.1, 0.15) is 11.1 Å². The van der Waals surface area contributed by atoms with E-state index in [9.17, 15) is 9.59 Å². The van der Waals surface area contributed by atoms with Crippen molar-refractivity contribution in [2.24, 2.45) is 0 Å². The monoisotopic (exact) mass is 476 g/mol. The largest absolute Gasteiger partial charge is 0.361 e. The maximum absolute atomic E-state index is 13.0. The highest BCUT2D eigenvalue weighted by Gasteiger charge is 2.35. The first-order valence-electron chi connectivity index (χ1n) is 10.0. The number of fused-ring (bicyclic) bond motifs is 2. The van der Waals surface area contributed by atoms with Crippen molar-refractivity contribution in [3.63, 3.8) is 0 Å². The van der Waals surface area contributed by atoms with Gasteiger partial charge >= 0.3 is 0 Å². The molecule has 2 N–H and O–H groups in total. The Kier molecular flexibility index (Phi) is 4.79. The number of benzene rings is 2. The minimum Gasteiger partial charge on any atom is -0.361 e. The lowest BCUT2D eigenvalue weighted by Gasteiger charge is -2.11. The second kappa shape index (κ2) is 7.51. The molecule has 1 aliphatic heterocycles. The molecule has 2 amide bonds. The summed E-state index contributed by atoms with van der Waals surface area (Å²) in [5.74, 6) is -0.731. The average molecular weight is 477 g/mol. The molecule has 2 aromatic carbocycles. The fourth-order valence-corrected chi connectivity index (χ4v) is 4.84. The van der Waals surface area contributed by atoms with Crippen LogP contribution < -0.4 is 5.32 Å². The van der Waals surface area contributed by atoms with Gasteiger partial charge in [0.05, 0.1) is 16.7 Å². The van der Waals surface area contributed by atoms with Crippen molar-refractivity contribution < 1.29 is 9.59 Å². The third kappa shape index (κ3) is 3.21. The number of nitrogens with one attached hydrogen (secondary N) is 2. The zero-order valence-corrected chi connectivity index (χ0v) is 18.8. The molecule has 0 unspecified atom stereocenters. The number of aromatic amines is 1. The van der Waals surface area contributed by atoms with Gasteiger partial charge in [0.2, 0.25) is 0 Å². The highest BCUT2D eigenvalue weighted by atomic mass is 79.9. The Balaban J connectivity index is 1.78. The predicted molar refractivity (Wildman–Crippen MR) is 126 cm³/mol. The summed E-state index contributed by atoms with van der Waals surface area (Å²) >= 11 is 3.67. The number of carbonyl (C=O) groups is 2. The number of halogens is 1. The number of carbonyl (C=O) groups excluding carboxylic acids is 2. The molecule has 5 rings (SSSR count). The van der Waals surface area contributed by atoms with E-state index in [0.29, 0.717) is 11.1 Å². The van der Waals surface area contributed by atoms with E-state index in [1.54, 1.807) is 6.20 Å². The highest BCUT2D eigenvalue weighted by molar-refractivity contribution is 9.10. The van der Waals surface area contributed by atoms with Gasteiger partial charge in [-0.2, -0.15) is 0 Å². The van der Waals surface area contributed by atoms with Crippen molar-refractivity contribution in [3.05, 3.63) is 70.5 Å². The van der Waals surface area contributed by atoms with Crippen LogP contribution in [0.3, 0.4) is 0 Å². The van der Waals surface area contributed by atoms with E-state index in [0.717, 1.165) is 50.5 Å². The lowest BCUT2D eigenvalue weighted by molar-refractivity contribution is -0.122. The van der Waals surface area contributed by atoms with E-state index < -0.39 is 0 Å². The van der Waals surface area contributed by atoms with Gasteiger partial charge in [-0.05, 0) is 42.2 Å². The molecule has 0 fully saturated rings. The summed E-state index contributed by atoms with van der Waals surface area (Å²) in [6.45, 7) is 1.61. The Morgan fingerprint density at radius 1 is 0.935 bits per heavy atom. The molecule has 0 saturated heterocycles. The first-order valence-corrected chi connectivity index (χ1v) is 10.8. The number of imide groups is 1. The van der Waals surface area contributed by atoms with E-state index in [2.05, 4.69) is 35.7 Å². The minimum atomic E-state index is -0.367. The number of hydrogen-bond acceptors (Lipinski definition) is 3. The second-order valence-electron chi connectivity index (χ2n) is 7.96. The quantitative estimate of drug-likeness (QED) is 0.427. The standard InChI is InChI=1S/C24H21BrN4O2/c1-28(2)10-11-29-13-17(15-7-5-8-18(25)22(15)29)21-20(23(30)27-24(21)31)16-12-26-19-9-4-3-6-14(16)19/h3-9,12-13,26H,10-11H2,1-2H3,(H,27,30,31). The second-order valence-corrected chi connectivity index (χ2v) is 8.81. The third-order valence-corrected chi connectivity index (χ3v) is 6.34. The van der Waals surface area contributed by atoms with Crippen molar-refractivity contribution in [1.82, 2.24) is 19.8 Å². The zero-order chi connectivity index (χ0) is 21.7. The topological polar surface area (TPSA) is 70.1 Å². The van der Waals surface area contributed by atoms with Crippen molar-refractivity contribution in [2.75, 3.05) is 20.6 Å². The normalized spacial score (nSPS) is 14.5. The number of likely N-dealkylation sites (N-methyl/N-ethyl adjacent to an activating group) is 1. The van der Waals surface area contributed by atoms with Crippen LogP contribution >= 0.6 is 15.9 Å². The van der Waals surface area contributed by atoms with E-state index in [-0.39, 0.29) is 11.8 Å². The lowest BCUT2D eigenvalue weighted by Crippen LogP contribution is -2.22. The van der Waals surface area contributed by atoms with E-state index in [1.165, 1.54) is 0 Å². The number of rotatable bonds is 5. The third-order valence-electron chi connectivity index (χ3n) is 5.70. The average Bonchev–Trinajstić information content (AvgIpc) is 3.40. The molecule has 7 heteroatoms. The predicted octanol–water partition coefficient (Wildman–Crippen LogP) is 4.01. The molecule has 156 valence electrons. The molecule has 4 aromatic rings. The van der Waals surface area contributed by atoms with E-state index >= 15 is 0 Å². The van der Waals surface area contributed by atoms with Crippen molar-refractivity contribution in [1.29, 1.82) is 0 Å². The molecular formula is C24H21BrN4O2. The van der Waals surface area contributed by atoms with Crippen LogP contribution in [-0.4, -0.2) is 46.9 Å². The van der Waals surface area contributed by atoms with Crippen LogP contribution in [0.5, 0.6) is 0 Å². The number of nitrogens with zero attached hydrogens (tertiary/aromatic N) is 2. The van der Waals surface area contributed by atoms with Gasteiger partial charge in [-0.1, -0.05) is 30.3 Å². The van der Waals surface area contributed by atoms with Gasteiger partial charge in [-0.3, -0.25) is 14.9 Å². The molecule has 2 aromatic heterocycles. The minimum absolute atomic E-state index is 0.364. The maximum Gasteiger partial charge on any atom is 0.259 e. The smallest absolute Gasteiger partial charge is 0.259 e. The van der Waals surface area contributed by atoms with Crippen LogP contribution in [0.15, 0.2) is 59.3 Å². The van der Waals surface area contributed by atoms with Crippen LogP contribution in [0.4, 0.5) is 0 Å². The van der Waals surface area contributed by atoms with Crippen molar-refractivity contribution in [3.8, 4) is 0 Å². The van der Waals surface area contributed by atoms with E-state index in [1.807, 2.05) is 62.8 Å².